The molecule has 174 valence electrons. The largest absolute Gasteiger partial charge is 0.494 e. The quantitative estimate of drug-likeness (QED) is 0.285. The molecular formula is C25H35IN4O2. The van der Waals surface area contributed by atoms with Gasteiger partial charge < -0.3 is 19.9 Å². The number of hydrogen-bond acceptors (Lipinski definition) is 3. The van der Waals surface area contributed by atoms with Crippen molar-refractivity contribution in [2.45, 2.75) is 46.3 Å². The number of carbonyl (C=O) groups is 1. The molecule has 0 saturated carbocycles. The molecule has 2 aromatic carbocycles. The molecular weight excluding hydrogens is 515 g/mol. The molecule has 0 radical (unpaired) electrons. The van der Waals surface area contributed by atoms with Crippen molar-refractivity contribution in [3.05, 3.63) is 65.2 Å². The van der Waals surface area contributed by atoms with Crippen LogP contribution in [0.5, 0.6) is 5.75 Å². The van der Waals surface area contributed by atoms with E-state index in [-0.39, 0.29) is 29.9 Å². The SMILES string of the molecule is CCNC(=NCc1ccc(CN2CCCC2=O)cc1)N(C)Cc1ccc(OCC)cc1.I. The molecule has 1 amide bonds. The van der Waals surface area contributed by atoms with Crippen LogP contribution in [-0.4, -0.2) is 48.4 Å². The van der Waals surface area contributed by atoms with Crippen molar-refractivity contribution < 1.29 is 9.53 Å². The van der Waals surface area contributed by atoms with E-state index in [4.69, 9.17) is 9.73 Å². The number of carbonyl (C=O) groups excluding carboxylic acids is 1. The van der Waals surface area contributed by atoms with Crippen LogP contribution in [0.4, 0.5) is 0 Å². The maximum absolute atomic E-state index is 11.8. The molecule has 0 bridgehead atoms. The van der Waals surface area contributed by atoms with Crippen molar-refractivity contribution in [3.63, 3.8) is 0 Å². The zero-order chi connectivity index (χ0) is 22.1. The molecule has 0 atom stereocenters. The average Bonchev–Trinajstić information content (AvgIpc) is 3.18. The van der Waals surface area contributed by atoms with Crippen molar-refractivity contribution in [1.82, 2.24) is 15.1 Å². The van der Waals surface area contributed by atoms with E-state index >= 15 is 0 Å². The number of nitrogens with zero attached hydrogens (tertiary/aromatic N) is 3. The Morgan fingerprint density at radius 2 is 1.72 bits per heavy atom. The van der Waals surface area contributed by atoms with Crippen molar-refractivity contribution >= 4 is 35.8 Å². The van der Waals surface area contributed by atoms with Gasteiger partial charge >= 0.3 is 0 Å². The lowest BCUT2D eigenvalue weighted by Gasteiger charge is -2.22. The Hall–Kier alpha value is -2.29. The summed E-state index contributed by atoms with van der Waals surface area (Å²) in [7, 11) is 2.05. The zero-order valence-corrected chi connectivity index (χ0v) is 21.7. The van der Waals surface area contributed by atoms with Crippen molar-refractivity contribution in [1.29, 1.82) is 0 Å². The van der Waals surface area contributed by atoms with Gasteiger partial charge in [0, 0.05) is 39.6 Å². The summed E-state index contributed by atoms with van der Waals surface area (Å²) in [5.41, 5.74) is 3.53. The van der Waals surface area contributed by atoms with Gasteiger partial charge in [0.25, 0.3) is 0 Å². The van der Waals surface area contributed by atoms with E-state index in [0.717, 1.165) is 43.3 Å². The summed E-state index contributed by atoms with van der Waals surface area (Å²) >= 11 is 0. The number of likely N-dealkylation sites (tertiary alicyclic amines) is 1. The summed E-state index contributed by atoms with van der Waals surface area (Å²) in [6.45, 7) is 8.51. The van der Waals surface area contributed by atoms with Crippen LogP contribution >= 0.6 is 24.0 Å². The molecule has 1 heterocycles. The normalized spacial score (nSPS) is 13.7. The van der Waals surface area contributed by atoms with Gasteiger partial charge in [-0.3, -0.25) is 4.79 Å². The summed E-state index contributed by atoms with van der Waals surface area (Å²) in [5.74, 6) is 2.04. The molecule has 0 aliphatic carbocycles. The minimum atomic E-state index is 0. The number of ether oxygens (including phenoxy) is 1. The molecule has 1 saturated heterocycles. The second kappa shape index (κ2) is 13.3. The lowest BCUT2D eigenvalue weighted by molar-refractivity contribution is -0.128. The highest BCUT2D eigenvalue weighted by atomic mass is 127. The number of rotatable bonds is 9. The predicted octanol–water partition coefficient (Wildman–Crippen LogP) is 4.42. The summed E-state index contributed by atoms with van der Waals surface area (Å²) in [4.78, 5) is 20.7. The number of nitrogens with one attached hydrogen (secondary N) is 1. The number of guanidine groups is 1. The highest BCUT2D eigenvalue weighted by Gasteiger charge is 2.19. The molecule has 7 heteroatoms. The smallest absolute Gasteiger partial charge is 0.222 e. The Morgan fingerprint density at radius 3 is 2.31 bits per heavy atom. The van der Waals surface area contributed by atoms with Crippen LogP contribution in [0, 0.1) is 0 Å². The van der Waals surface area contributed by atoms with Gasteiger partial charge in [-0.2, -0.15) is 0 Å². The lowest BCUT2D eigenvalue weighted by Crippen LogP contribution is -2.38. The summed E-state index contributed by atoms with van der Waals surface area (Å²) in [6.07, 6.45) is 1.66. The molecule has 0 unspecified atom stereocenters. The first-order chi connectivity index (χ1) is 15.1. The highest BCUT2D eigenvalue weighted by molar-refractivity contribution is 14.0. The van der Waals surface area contributed by atoms with Crippen LogP contribution in [0.1, 0.15) is 43.4 Å². The predicted molar refractivity (Wildman–Crippen MR) is 140 cm³/mol. The topological polar surface area (TPSA) is 57.2 Å². The van der Waals surface area contributed by atoms with Crippen LogP contribution in [0.3, 0.4) is 0 Å². The van der Waals surface area contributed by atoms with Gasteiger partial charge in [-0.25, -0.2) is 4.99 Å². The number of amides is 1. The lowest BCUT2D eigenvalue weighted by atomic mass is 10.1. The summed E-state index contributed by atoms with van der Waals surface area (Å²) in [5, 5.41) is 3.38. The third-order valence-electron chi connectivity index (χ3n) is 5.33. The maximum Gasteiger partial charge on any atom is 0.222 e. The second-order valence-corrected chi connectivity index (χ2v) is 7.84. The van der Waals surface area contributed by atoms with Crippen LogP contribution in [-0.2, 0) is 24.4 Å². The van der Waals surface area contributed by atoms with Gasteiger partial charge in [0.1, 0.15) is 5.75 Å². The molecule has 6 nitrogen and oxygen atoms in total. The fraction of sp³-hybridized carbons (Fsp3) is 0.440. The van der Waals surface area contributed by atoms with Crippen molar-refractivity contribution in [2.75, 3.05) is 26.7 Å². The Bertz CT molecular complexity index is 869. The number of benzene rings is 2. The van der Waals surface area contributed by atoms with E-state index in [9.17, 15) is 4.79 Å². The van der Waals surface area contributed by atoms with Crippen LogP contribution in [0.2, 0.25) is 0 Å². The van der Waals surface area contributed by atoms with Crippen LogP contribution in [0.25, 0.3) is 0 Å². The monoisotopic (exact) mass is 550 g/mol. The van der Waals surface area contributed by atoms with E-state index < -0.39 is 0 Å². The first-order valence-electron chi connectivity index (χ1n) is 11.2. The van der Waals surface area contributed by atoms with E-state index in [0.29, 0.717) is 26.1 Å². The van der Waals surface area contributed by atoms with Gasteiger partial charge in [0.15, 0.2) is 5.96 Å². The molecule has 1 aliphatic rings. The molecule has 3 rings (SSSR count). The molecule has 1 fully saturated rings. The Morgan fingerprint density at radius 1 is 1.06 bits per heavy atom. The van der Waals surface area contributed by atoms with E-state index in [1.807, 2.05) is 31.0 Å². The minimum absolute atomic E-state index is 0. The van der Waals surface area contributed by atoms with E-state index in [1.54, 1.807) is 0 Å². The first-order valence-corrected chi connectivity index (χ1v) is 11.2. The number of aliphatic imine (C=N–C) groups is 1. The molecule has 2 aromatic rings. The average molecular weight is 550 g/mol. The Labute approximate surface area is 209 Å². The minimum Gasteiger partial charge on any atom is -0.494 e. The second-order valence-electron chi connectivity index (χ2n) is 7.84. The fourth-order valence-electron chi connectivity index (χ4n) is 3.68. The van der Waals surface area contributed by atoms with E-state index in [2.05, 4.69) is 53.5 Å². The molecule has 1 N–H and O–H groups in total. The van der Waals surface area contributed by atoms with Crippen molar-refractivity contribution in [2.24, 2.45) is 4.99 Å². The fourth-order valence-corrected chi connectivity index (χ4v) is 3.68. The number of halogens is 1. The standard InChI is InChI=1S/C25H34N4O2.HI/c1-4-26-25(28(3)18-21-12-14-23(15-13-21)31-5-2)27-17-20-8-10-22(11-9-20)19-29-16-6-7-24(29)30;/h8-15H,4-7,16-19H2,1-3H3,(H,26,27);1H. The number of hydrogen-bond donors (Lipinski definition) is 1. The summed E-state index contributed by atoms with van der Waals surface area (Å²) < 4.78 is 5.52. The summed E-state index contributed by atoms with van der Waals surface area (Å²) in [6, 6.07) is 16.6. The Kier molecular flexibility index (Phi) is 10.8. The van der Waals surface area contributed by atoms with Gasteiger partial charge in [-0.15, -0.1) is 24.0 Å². The maximum atomic E-state index is 11.8. The van der Waals surface area contributed by atoms with Gasteiger partial charge in [-0.1, -0.05) is 36.4 Å². The zero-order valence-electron chi connectivity index (χ0n) is 19.3. The third kappa shape index (κ3) is 7.69. The van der Waals surface area contributed by atoms with Crippen LogP contribution < -0.4 is 10.1 Å². The highest BCUT2D eigenvalue weighted by Crippen LogP contribution is 2.16. The van der Waals surface area contributed by atoms with Gasteiger partial charge in [-0.05, 0) is 49.1 Å². The molecule has 1 aliphatic heterocycles. The van der Waals surface area contributed by atoms with Crippen molar-refractivity contribution in [3.8, 4) is 5.75 Å². The Balaban J connectivity index is 0.00000363. The van der Waals surface area contributed by atoms with Crippen LogP contribution in [0.15, 0.2) is 53.5 Å². The van der Waals surface area contributed by atoms with Gasteiger partial charge in [0.05, 0.1) is 13.2 Å². The molecule has 0 spiro atoms. The molecule has 0 aromatic heterocycles. The van der Waals surface area contributed by atoms with E-state index in [1.165, 1.54) is 11.1 Å². The molecule has 32 heavy (non-hydrogen) atoms. The van der Waals surface area contributed by atoms with Gasteiger partial charge in [0.2, 0.25) is 5.91 Å². The first kappa shape index (κ1) is 26.0. The third-order valence-corrected chi connectivity index (χ3v) is 5.33.